The van der Waals surface area contributed by atoms with E-state index in [2.05, 4.69) is 14.9 Å². The molecular formula is C10H13N3O2. The van der Waals surface area contributed by atoms with Gasteiger partial charge in [-0.25, -0.2) is 4.98 Å². The van der Waals surface area contributed by atoms with E-state index in [1.807, 2.05) is 0 Å². The maximum absolute atomic E-state index is 11.2. The minimum absolute atomic E-state index is 0.0983. The first-order valence-electron chi connectivity index (χ1n) is 5.26. The number of fused-ring (bicyclic) bond motifs is 2. The second-order valence-electron chi connectivity index (χ2n) is 4.13. The number of hydrogen-bond donors (Lipinski definition) is 1. The van der Waals surface area contributed by atoms with Crippen LogP contribution in [0.4, 0.5) is 5.82 Å². The first kappa shape index (κ1) is 8.91. The summed E-state index contributed by atoms with van der Waals surface area (Å²) in [5, 5.41) is 0. The third kappa shape index (κ3) is 1.63. The van der Waals surface area contributed by atoms with Crippen LogP contribution in [0.2, 0.25) is 0 Å². The van der Waals surface area contributed by atoms with Crippen molar-refractivity contribution in [2.45, 2.75) is 25.0 Å². The molecule has 2 saturated heterocycles. The van der Waals surface area contributed by atoms with Crippen LogP contribution in [0.15, 0.2) is 17.2 Å². The Morgan fingerprint density at radius 2 is 2.13 bits per heavy atom. The van der Waals surface area contributed by atoms with Crippen LogP contribution in [0.5, 0.6) is 0 Å². The highest BCUT2D eigenvalue weighted by atomic mass is 16.5. The number of rotatable bonds is 1. The van der Waals surface area contributed by atoms with E-state index in [-0.39, 0.29) is 5.56 Å². The predicted molar refractivity (Wildman–Crippen MR) is 55.0 cm³/mol. The van der Waals surface area contributed by atoms with E-state index in [1.165, 1.54) is 6.33 Å². The van der Waals surface area contributed by atoms with E-state index in [4.69, 9.17) is 4.74 Å². The van der Waals surface area contributed by atoms with E-state index in [9.17, 15) is 4.79 Å². The Morgan fingerprint density at radius 1 is 1.40 bits per heavy atom. The van der Waals surface area contributed by atoms with Crippen LogP contribution in [-0.2, 0) is 4.74 Å². The van der Waals surface area contributed by atoms with Crippen molar-refractivity contribution in [3.8, 4) is 0 Å². The summed E-state index contributed by atoms with van der Waals surface area (Å²) in [7, 11) is 0. The molecule has 15 heavy (non-hydrogen) atoms. The number of ether oxygens (including phenoxy) is 1. The fourth-order valence-electron chi connectivity index (χ4n) is 2.33. The first-order valence-corrected chi connectivity index (χ1v) is 5.26. The zero-order valence-electron chi connectivity index (χ0n) is 8.35. The Labute approximate surface area is 87.1 Å². The maximum Gasteiger partial charge on any atom is 0.252 e. The number of aromatic nitrogens is 2. The standard InChI is InChI=1S/C10H13N3O2/c14-10-3-9(11-6-12-10)13-4-7-1-2-8(5-13)15-7/h3,6-8H,1-2,4-5H2,(H,11,12,14). The van der Waals surface area contributed by atoms with Crippen molar-refractivity contribution in [2.75, 3.05) is 18.0 Å². The average Bonchev–Trinajstić information content (AvgIpc) is 2.58. The normalized spacial score (nSPS) is 29.5. The highest BCUT2D eigenvalue weighted by molar-refractivity contribution is 5.37. The molecular weight excluding hydrogens is 194 g/mol. The summed E-state index contributed by atoms with van der Waals surface area (Å²) in [5.41, 5.74) is -0.0983. The Kier molecular flexibility index (Phi) is 1.98. The van der Waals surface area contributed by atoms with Gasteiger partial charge in [-0.15, -0.1) is 0 Å². The molecule has 2 unspecified atom stereocenters. The highest BCUT2D eigenvalue weighted by Gasteiger charge is 2.34. The third-order valence-electron chi connectivity index (χ3n) is 3.03. The second-order valence-corrected chi connectivity index (χ2v) is 4.13. The fourth-order valence-corrected chi connectivity index (χ4v) is 2.33. The van der Waals surface area contributed by atoms with Crippen LogP contribution in [0.25, 0.3) is 0 Å². The van der Waals surface area contributed by atoms with Gasteiger partial charge >= 0.3 is 0 Å². The number of nitrogens with zero attached hydrogens (tertiary/aromatic N) is 2. The fraction of sp³-hybridized carbons (Fsp3) is 0.600. The third-order valence-corrected chi connectivity index (χ3v) is 3.03. The lowest BCUT2D eigenvalue weighted by Gasteiger charge is -2.32. The van der Waals surface area contributed by atoms with Crippen molar-refractivity contribution in [1.82, 2.24) is 9.97 Å². The molecule has 1 aromatic heterocycles. The van der Waals surface area contributed by atoms with Crippen molar-refractivity contribution >= 4 is 5.82 Å². The number of H-pyrrole nitrogens is 1. The van der Waals surface area contributed by atoms with E-state index in [0.29, 0.717) is 12.2 Å². The van der Waals surface area contributed by atoms with Gasteiger partial charge in [-0.2, -0.15) is 0 Å². The Morgan fingerprint density at radius 3 is 2.80 bits per heavy atom. The van der Waals surface area contributed by atoms with Gasteiger partial charge in [0.2, 0.25) is 0 Å². The second kappa shape index (κ2) is 3.34. The molecule has 80 valence electrons. The van der Waals surface area contributed by atoms with Crippen LogP contribution in [-0.4, -0.2) is 35.3 Å². The SMILES string of the molecule is O=c1cc(N2CC3CCC(C2)O3)nc[nH]1. The van der Waals surface area contributed by atoms with Crippen LogP contribution in [0.1, 0.15) is 12.8 Å². The Hall–Kier alpha value is -1.36. The summed E-state index contributed by atoms with van der Waals surface area (Å²) in [6.07, 6.45) is 4.36. The molecule has 0 spiro atoms. The van der Waals surface area contributed by atoms with Crippen LogP contribution >= 0.6 is 0 Å². The Balaban J connectivity index is 1.86. The molecule has 2 bridgehead atoms. The lowest BCUT2D eigenvalue weighted by atomic mass is 10.2. The van der Waals surface area contributed by atoms with Gasteiger partial charge < -0.3 is 14.6 Å². The molecule has 0 amide bonds. The number of morpholine rings is 1. The van der Waals surface area contributed by atoms with Crippen molar-refractivity contribution < 1.29 is 4.74 Å². The zero-order chi connectivity index (χ0) is 10.3. The molecule has 0 aromatic carbocycles. The van der Waals surface area contributed by atoms with Gasteiger partial charge in [0.15, 0.2) is 0 Å². The summed E-state index contributed by atoms with van der Waals surface area (Å²) in [6.45, 7) is 1.71. The molecule has 5 nitrogen and oxygen atoms in total. The summed E-state index contributed by atoms with van der Waals surface area (Å²) in [6, 6.07) is 1.55. The van der Waals surface area contributed by atoms with E-state index in [0.717, 1.165) is 31.7 Å². The van der Waals surface area contributed by atoms with Crippen LogP contribution in [0.3, 0.4) is 0 Å². The van der Waals surface area contributed by atoms with Crippen LogP contribution in [0, 0.1) is 0 Å². The van der Waals surface area contributed by atoms with Gasteiger partial charge in [-0.1, -0.05) is 0 Å². The maximum atomic E-state index is 11.2. The van der Waals surface area contributed by atoms with Crippen molar-refractivity contribution in [3.05, 3.63) is 22.7 Å². The monoisotopic (exact) mass is 207 g/mol. The minimum atomic E-state index is -0.0983. The molecule has 0 radical (unpaired) electrons. The lowest BCUT2D eigenvalue weighted by Crippen LogP contribution is -2.43. The highest BCUT2D eigenvalue weighted by Crippen LogP contribution is 2.27. The number of hydrogen-bond acceptors (Lipinski definition) is 4. The molecule has 0 aliphatic carbocycles. The quantitative estimate of drug-likeness (QED) is 0.711. The molecule has 3 heterocycles. The molecule has 5 heteroatoms. The summed E-state index contributed by atoms with van der Waals surface area (Å²) in [4.78, 5) is 20.0. The average molecular weight is 207 g/mol. The van der Waals surface area contributed by atoms with Gasteiger partial charge in [0.25, 0.3) is 5.56 Å². The Bertz CT molecular complexity index is 405. The van der Waals surface area contributed by atoms with Crippen LogP contribution < -0.4 is 10.5 Å². The van der Waals surface area contributed by atoms with E-state index in [1.54, 1.807) is 6.07 Å². The molecule has 2 fully saturated rings. The molecule has 2 aliphatic rings. The molecule has 1 N–H and O–H groups in total. The topological polar surface area (TPSA) is 58.2 Å². The number of anilines is 1. The molecule has 2 aliphatic heterocycles. The summed E-state index contributed by atoms with van der Waals surface area (Å²) >= 11 is 0. The van der Waals surface area contributed by atoms with E-state index < -0.39 is 0 Å². The van der Waals surface area contributed by atoms with Gasteiger partial charge in [0.05, 0.1) is 18.5 Å². The summed E-state index contributed by atoms with van der Waals surface area (Å²) in [5.74, 6) is 0.763. The largest absolute Gasteiger partial charge is 0.371 e. The summed E-state index contributed by atoms with van der Waals surface area (Å²) < 4.78 is 5.72. The van der Waals surface area contributed by atoms with Gasteiger partial charge in [0, 0.05) is 19.2 Å². The molecule has 1 aromatic rings. The lowest BCUT2D eigenvalue weighted by molar-refractivity contribution is 0.0302. The van der Waals surface area contributed by atoms with Crippen molar-refractivity contribution in [3.63, 3.8) is 0 Å². The minimum Gasteiger partial charge on any atom is -0.371 e. The van der Waals surface area contributed by atoms with E-state index >= 15 is 0 Å². The van der Waals surface area contributed by atoms with Crippen molar-refractivity contribution in [2.24, 2.45) is 0 Å². The zero-order valence-corrected chi connectivity index (χ0v) is 8.35. The molecule has 3 rings (SSSR count). The first-order chi connectivity index (χ1) is 7.31. The smallest absolute Gasteiger partial charge is 0.252 e. The number of aromatic amines is 1. The predicted octanol–water partition coefficient (Wildman–Crippen LogP) is 0.137. The molecule has 0 saturated carbocycles. The van der Waals surface area contributed by atoms with Gasteiger partial charge in [-0.05, 0) is 12.8 Å². The van der Waals surface area contributed by atoms with Gasteiger partial charge in [-0.3, -0.25) is 4.79 Å². The molecule has 2 atom stereocenters. The van der Waals surface area contributed by atoms with Gasteiger partial charge in [0.1, 0.15) is 5.82 Å². The van der Waals surface area contributed by atoms with Crippen molar-refractivity contribution in [1.29, 1.82) is 0 Å². The number of nitrogens with one attached hydrogen (secondary N) is 1.